The molecule has 1 aliphatic rings. The van der Waals surface area contributed by atoms with Gasteiger partial charge in [0, 0.05) is 16.4 Å². The van der Waals surface area contributed by atoms with Crippen LogP contribution in [0.15, 0.2) is 54.1 Å². The third-order valence-corrected chi connectivity index (χ3v) is 5.85. The van der Waals surface area contributed by atoms with E-state index in [-0.39, 0.29) is 5.57 Å². The number of aryl methyl sites for hydroxylation is 2. The first-order valence-electron chi connectivity index (χ1n) is 10.2. The molecule has 33 heavy (non-hydrogen) atoms. The van der Waals surface area contributed by atoms with E-state index in [9.17, 15) is 14.4 Å². The van der Waals surface area contributed by atoms with Crippen LogP contribution in [0.25, 0.3) is 11.8 Å². The lowest BCUT2D eigenvalue weighted by molar-refractivity contribution is -0.122. The third kappa shape index (κ3) is 3.91. The number of ether oxygens (including phenoxy) is 1. The number of carbonyl (C=O) groups excluding carboxylic acids is 3. The van der Waals surface area contributed by atoms with Crippen LogP contribution in [0.4, 0.5) is 10.5 Å². The Morgan fingerprint density at radius 2 is 1.70 bits per heavy atom. The highest BCUT2D eigenvalue weighted by atomic mass is 35.5. The van der Waals surface area contributed by atoms with Gasteiger partial charge in [-0.05, 0) is 68.3 Å². The number of benzene rings is 2. The van der Waals surface area contributed by atoms with Gasteiger partial charge in [-0.3, -0.25) is 14.9 Å². The summed E-state index contributed by atoms with van der Waals surface area (Å²) in [6.45, 7) is 5.57. The van der Waals surface area contributed by atoms with E-state index in [0.717, 1.165) is 27.5 Å². The Morgan fingerprint density at radius 1 is 0.970 bits per heavy atom. The van der Waals surface area contributed by atoms with E-state index in [0.29, 0.717) is 22.0 Å². The average Bonchev–Trinajstić information content (AvgIpc) is 3.05. The molecule has 8 heteroatoms. The monoisotopic (exact) mass is 463 g/mol. The third-order valence-electron chi connectivity index (χ3n) is 5.61. The first-order chi connectivity index (χ1) is 15.7. The summed E-state index contributed by atoms with van der Waals surface area (Å²) in [7, 11) is 1.58. The highest BCUT2D eigenvalue weighted by Crippen LogP contribution is 2.32. The van der Waals surface area contributed by atoms with Gasteiger partial charge in [0.1, 0.15) is 11.3 Å². The van der Waals surface area contributed by atoms with Crippen molar-refractivity contribution in [3.63, 3.8) is 0 Å². The van der Waals surface area contributed by atoms with Crippen LogP contribution in [0.3, 0.4) is 0 Å². The van der Waals surface area contributed by atoms with Crippen LogP contribution in [0.2, 0.25) is 5.02 Å². The highest BCUT2D eigenvalue weighted by Gasteiger charge is 2.37. The molecule has 0 spiro atoms. The van der Waals surface area contributed by atoms with Gasteiger partial charge in [0.2, 0.25) is 0 Å². The SMILES string of the molecule is COc1ccc(Cl)cc1-n1c(C)cc(/C=C2\C(=O)NC(=O)N(c3ccccc3C)C2=O)c1C. The number of carbonyl (C=O) groups is 3. The van der Waals surface area contributed by atoms with Crippen LogP contribution in [-0.4, -0.2) is 29.5 Å². The van der Waals surface area contributed by atoms with Gasteiger partial charge in [0.05, 0.1) is 18.5 Å². The molecule has 2 heterocycles. The molecule has 1 saturated heterocycles. The number of nitrogens with one attached hydrogen (secondary N) is 1. The number of rotatable bonds is 4. The molecule has 0 unspecified atom stereocenters. The summed E-state index contributed by atoms with van der Waals surface area (Å²) >= 11 is 6.21. The Hall–Kier alpha value is -3.84. The molecular weight excluding hydrogens is 442 g/mol. The number of imide groups is 2. The van der Waals surface area contributed by atoms with Crippen LogP contribution in [0, 0.1) is 20.8 Å². The largest absolute Gasteiger partial charge is 0.495 e. The second-order valence-corrected chi connectivity index (χ2v) is 8.16. The van der Waals surface area contributed by atoms with Crippen LogP contribution in [-0.2, 0) is 9.59 Å². The number of aromatic nitrogens is 1. The predicted octanol–water partition coefficient (Wildman–Crippen LogP) is 4.73. The first kappa shape index (κ1) is 22.4. The number of methoxy groups -OCH3 is 1. The Morgan fingerprint density at radius 3 is 2.39 bits per heavy atom. The van der Waals surface area contributed by atoms with Gasteiger partial charge in [0.15, 0.2) is 0 Å². The molecule has 2 aromatic carbocycles. The van der Waals surface area contributed by atoms with Crippen molar-refractivity contribution < 1.29 is 19.1 Å². The molecule has 4 amide bonds. The molecule has 0 radical (unpaired) electrons. The summed E-state index contributed by atoms with van der Waals surface area (Å²) in [5, 5.41) is 2.82. The molecule has 1 fully saturated rings. The first-order valence-corrected chi connectivity index (χ1v) is 10.6. The topological polar surface area (TPSA) is 80.6 Å². The fourth-order valence-electron chi connectivity index (χ4n) is 3.99. The molecule has 3 aromatic rings. The van der Waals surface area contributed by atoms with Gasteiger partial charge >= 0.3 is 6.03 Å². The van der Waals surface area contributed by atoms with E-state index in [4.69, 9.17) is 16.3 Å². The number of halogens is 1. The van der Waals surface area contributed by atoms with Gasteiger partial charge in [0.25, 0.3) is 11.8 Å². The van der Waals surface area contributed by atoms with E-state index < -0.39 is 17.8 Å². The second kappa shape index (κ2) is 8.60. The maximum Gasteiger partial charge on any atom is 0.335 e. The minimum Gasteiger partial charge on any atom is -0.495 e. The zero-order valence-electron chi connectivity index (χ0n) is 18.6. The summed E-state index contributed by atoms with van der Waals surface area (Å²) in [5.74, 6) is -0.786. The lowest BCUT2D eigenvalue weighted by atomic mass is 10.1. The normalized spacial score (nSPS) is 15.2. The Bertz CT molecular complexity index is 1340. The molecule has 4 rings (SSSR count). The lowest BCUT2D eigenvalue weighted by Crippen LogP contribution is -2.54. The maximum absolute atomic E-state index is 13.3. The standard InChI is InChI=1S/C25H22ClN3O4/c1-14-7-5-6-8-20(14)29-24(31)19(23(30)27-25(29)32)12-17-11-15(2)28(16(17)3)21-13-18(26)9-10-22(21)33-4/h5-13H,1-4H3,(H,27,30,32)/b19-12+. The van der Waals surface area contributed by atoms with Crippen molar-refractivity contribution in [3.8, 4) is 11.4 Å². The smallest absolute Gasteiger partial charge is 0.335 e. The van der Waals surface area contributed by atoms with Gasteiger partial charge in [-0.15, -0.1) is 0 Å². The molecule has 0 saturated carbocycles. The number of hydrogen-bond donors (Lipinski definition) is 1. The number of barbiturate groups is 1. The van der Waals surface area contributed by atoms with Crippen molar-refractivity contribution in [2.45, 2.75) is 20.8 Å². The quantitative estimate of drug-likeness (QED) is 0.448. The van der Waals surface area contributed by atoms with Crippen molar-refractivity contribution in [3.05, 3.63) is 81.6 Å². The molecule has 1 aliphatic heterocycles. The zero-order valence-corrected chi connectivity index (χ0v) is 19.4. The average molecular weight is 464 g/mol. The number of urea groups is 1. The number of anilines is 1. The van der Waals surface area contributed by atoms with Crippen molar-refractivity contribution in [2.75, 3.05) is 12.0 Å². The Labute approximate surface area is 196 Å². The summed E-state index contributed by atoms with van der Waals surface area (Å²) < 4.78 is 7.42. The van der Waals surface area contributed by atoms with Gasteiger partial charge in [-0.2, -0.15) is 0 Å². The van der Waals surface area contributed by atoms with Crippen LogP contribution in [0.1, 0.15) is 22.5 Å². The fourth-order valence-corrected chi connectivity index (χ4v) is 4.15. The van der Waals surface area contributed by atoms with E-state index in [1.807, 2.05) is 30.5 Å². The van der Waals surface area contributed by atoms with Gasteiger partial charge in [-0.1, -0.05) is 29.8 Å². The molecule has 1 N–H and O–H groups in total. The lowest BCUT2D eigenvalue weighted by Gasteiger charge is -2.27. The van der Waals surface area contributed by atoms with E-state index in [1.54, 1.807) is 50.4 Å². The summed E-state index contributed by atoms with van der Waals surface area (Å²) in [5.41, 5.74) is 4.06. The van der Waals surface area contributed by atoms with E-state index in [1.165, 1.54) is 6.08 Å². The number of amides is 4. The van der Waals surface area contributed by atoms with Gasteiger partial charge in [-0.25, -0.2) is 9.69 Å². The van der Waals surface area contributed by atoms with Gasteiger partial charge < -0.3 is 9.30 Å². The van der Waals surface area contributed by atoms with Crippen molar-refractivity contribution >= 4 is 41.2 Å². The van der Waals surface area contributed by atoms with Crippen molar-refractivity contribution in [2.24, 2.45) is 0 Å². The predicted molar refractivity (Wildman–Crippen MR) is 127 cm³/mol. The van der Waals surface area contributed by atoms with Crippen LogP contribution in [0.5, 0.6) is 5.75 Å². The minimum atomic E-state index is -0.773. The zero-order chi connectivity index (χ0) is 23.9. The molecule has 0 bridgehead atoms. The van der Waals surface area contributed by atoms with Crippen molar-refractivity contribution in [1.82, 2.24) is 9.88 Å². The second-order valence-electron chi connectivity index (χ2n) is 7.72. The van der Waals surface area contributed by atoms with Crippen LogP contribution >= 0.6 is 11.6 Å². The maximum atomic E-state index is 13.3. The summed E-state index contributed by atoms with van der Waals surface area (Å²) in [6.07, 6.45) is 1.51. The Kier molecular flexibility index (Phi) is 5.82. The fraction of sp³-hybridized carbons (Fsp3) is 0.160. The van der Waals surface area contributed by atoms with Crippen molar-refractivity contribution in [1.29, 1.82) is 0 Å². The molecule has 0 atom stereocenters. The Balaban J connectivity index is 1.81. The molecule has 1 aromatic heterocycles. The molecule has 7 nitrogen and oxygen atoms in total. The molecule has 0 aliphatic carbocycles. The summed E-state index contributed by atoms with van der Waals surface area (Å²) in [6, 6.07) is 13.4. The highest BCUT2D eigenvalue weighted by molar-refractivity contribution is 6.39. The van der Waals surface area contributed by atoms with E-state index >= 15 is 0 Å². The number of nitrogens with zero attached hydrogens (tertiary/aromatic N) is 2. The number of hydrogen-bond acceptors (Lipinski definition) is 4. The van der Waals surface area contributed by atoms with Crippen LogP contribution < -0.4 is 15.0 Å². The molecular formula is C25H22ClN3O4. The minimum absolute atomic E-state index is 0.129. The summed E-state index contributed by atoms with van der Waals surface area (Å²) in [4.78, 5) is 39.3. The molecule has 168 valence electrons. The number of para-hydroxylation sites is 1. The van der Waals surface area contributed by atoms with E-state index in [2.05, 4.69) is 5.32 Å².